The number of rotatable bonds is 4. The third-order valence-corrected chi connectivity index (χ3v) is 3.79. The fourth-order valence-corrected chi connectivity index (χ4v) is 2.68. The molecule has 3 heteroatoms. The molecule has 0 radical (unpaired) electrons. The first kappa shape index (κ1) is 10.1. The van der Waals surface area contributed by atoms with E-state index in [9.17, 15) is 0 Å². The van der Waals surface area contributed by atoms with Crippen LogP contribution in [0.5, 0.6) is 0 Å². The van der Waals surface area contributed by atoms with E-state index in [4.69, 9.17) is 0 Å². The monoisotopic (exact) mass is 210 g/mol. The highest BCUT2D eigenvalue weighted by molar-refractivity contribution is 7.09. The zero-order chi connectivity index (χ0) is 9.97. The van der Waals surface area contributed by atoms with Gasteiger partial charge in [-0.05, 0) is 32.2 Å². The maximum atomic E-state index is 4.59. The number of nitrogens with zero attached hydrogens (tertiary/aromatic N) is 1. The van der Waals surface area contributed by atoms with E-state index >= 15 is 0 Å². The highest BCUT2D eigenvalue weighted by Crippen LogP contribution is 2.37. The third kappa shape index (κ3) is 1.98. The van der Waals surface area contributed by atoms with Crippen LogP contribution in [0.2, 0.25) is 0 Å². The summed E-state index contributed by atoms with van der Waals surface area (Å²) < 4.78 is 0. The van der Waals surface area contributed by atoms with Crippen molar-refractivity contribution in [3.63, 3.8) is 0 Å². The third-order valence-electron chi connectivity index (χ3n) is 3.00. The molecule has 0 saturated heterocycles. The molecule has 0 spiro atoms. The Balaban J connectivity index is 2.09. The van der Waals surface area contributed by atoms with E-state index in [-0.39, 0.29) is 0 Å². The minimum atomic E-state index is 0.513. The average molecular weight is 210 g/mol. The molecule has 1 fully saturated rings. The summed E-state index contributed by atoms with van der Waals surface area (Å²) in [6, 6.07) is 0.513. The van der Waals surface area contributed by atoms with Gasteiger partial charge in [0.2, 0.25) is 0 Å². The maximum absolute atomic E-state index is 4.59. The molecule has 1 aromatic heterocycles. The number of aryl methyl sites for hydroxylation is 1. The van der Waals surface area contributed by atoms with Crippen molar-refractivity contribution in [1.82, 2.24) is 10.3 Å². The molecule has 14 heavy (non-hydrogen) atoms. The number of hydrogen-bond donors (Lipinski definition) is 1. The molecule has 0 amide bonds. The van der Waals surface area contributed by atoms with Crippen molar-refractivity contribution in [2.45, 2.75) is 39.2 Å². The fourth-order valence-electron chi connectivity index (χ4n) is 2.03. The molecule has 2 nitrogen and oxygen atoms in total. The van der Waals surface area contributed by atoms with E-state index in [1.165, 1.54) is 30.0 Å². The summed E-state index contributed by atoms with van der Waals surface area (Å²) in [4.78, 5) is 4.59. The number of nitrogens with one attached hydrogen (secondary N) is 1. The lowest BCUT2D eigenvalue weighted by Crippen LogP contribution is -2.32. The van der Waals surface area contributed by atoms with Crippen molar-refractivity contribution in [1.29, 1.82) is 0 Å². The van der Waals surface area contributed by atoms with Gasteiger partial charge in [0.25, 0.3) is 0 Å². The molecule has 1 saturated carbocycles. The molecule has 1 unspecified atom stereocenters. The van der Waals surface area contributed by atoms with Crippen LogP contribution in [-0.4, -0.2) is 11.5 Å². The van der Waals surface area contributed by atoms with Gasteiger partial charge in [0, 0.05) is 5.38 Å². The summed E-state index contributed by atoms with van der Waals surface area (Å²) in [6.45, 7) is 5.29. The predicted molar refractivity (Wildman–Crippen MR) is 60.6 cm³/mol. The van der Waals surface area contributed by atoms with Gasteiger partial charge < -0.3 is 5.32 Å². The van der Waals surface area contributed by atoms with Gasteiger partial charge in [-0.25, -0.2) is 4.98 Å². The minimum absolute atomic E-state index is 0.513. The molecule has 0 bridgehead atoms. The van der Waals surface area contributed by atoms with Crippen LogP contribution in [0.25, 0.3) is 0 Å². The quantitative estimate of drug-likeness (QED) is 0.826. The molecule has 1 aromatic rings. The second kappa shape index (κ2) is 4.41. The minimum Gasteiger partial charge on any atom is -0.309 e. The number of hydrogen-bond acceptors (Lipinski definition) is 3. The topological polar surface area (TPSA) is 24.9 Å². The van der Waals surface area contributed by atoms with Gasteiger partial charge in [0.15, 0.2) is 0 Å². The predicted octanol–water partition coefficient (Wildman–Crippen LogP) is 2.90. The van der Waals surface area contributed by atoms with E-state index in [2.05, 4.69) is 29.5 Å². The van der Waals surface area contributed by atoms with Crippen LogP contribution in [0.4, 0.5) is 0 Å². The first-order valence-electron chi connectivity index (χ1n) is 5.46. The number of aromatic nitrogens is 1. The van der Waals surface area contributed by atoms with Gasteiger partial charge in [-0.15, -0.1) is 11.3 Å². The van der Waals surface area contributed by atoms with Crippen molar-refractivity contribution in [2.24, 2.45) is 5.92 Å². The van der Waals surface area contributed by atoms with E-state index in [1.54, 1.807) is 11.3 Å². The molecule has 0 aromatic carbocycles. The Morgan fingerprint density at radius 1 is 1.64 bits per heavy atom. The Kier molecular flexibility index (Phi) is 3.19. The summed E-state index contributed by atoms with van der Waals surface area (Å²) >= 11 is 1.76. The summed E-state index contributed by atoms with van der Waals surface area (Å²) in [7, 11) is 0. The van der Waals surface area contributed by atoms with Crippen molar-refractivity contribution < 1.29 is 0 Å². The summed E-state index contributed by atoms with van der Waals surface area (Å²) in [5, 5.41) is 6.95. The second-order valence-electron chi connectivity index (χ2n) is 4.02. The summed E-state index contributed by atoms with van der Waals surface area (Å²) in [5.41, 5.74) is 1.26. The Bertz CT molecular complexity index is 291. The zero-order valence-corrected chi connectivity index (χ0v) is 9.73. The lowest BCUT2D eigenvalue weighted by molar-refractivity contribution is 0.230. The lowest BCUT2D eigenvalue weighted by Gasteiger charge is -2.33. The Morgan fingerprint density at radius 3 is 2.86 bits per heavy atom. The van der Waals surface area contributed by atoms with Gasteiger partial charge in [-0.2, -0.15) is 0 Å². The normalized spacial score (nSPS) is 19.3. The van der Waals surface area contributed by atoms with E-state index in [0.717, 1.165) is 12.5 Å². The smallest absolute Gasteiger partial charge is 0.0898 e. The molecule has 1 atom stereocenters. The van der Waals surface area contributed by atoms with E-state index < -0.39 is 0 Å². The largest absolute Gasteiger partial charge is 0.309 e. The van der Waals surface area contributed by atoms with Crippen molar-refractivity contribution in [3.05, 3.63) is 16.1 Å². The van der Waals surface area contributed by atoms with Crippen molar-refractivity contribution in [3.8, 4) is 0 Å². The number of thiazole rings is 1. The molecule has 1 aliphatic carbocycles. The second-order valence-corrected chi connectivity index (χ2v) is 5.08. The van der Waals surface area contributed by atoms with Gasteiger partial charge in [0.05, 0.1) is 16.7 Å². The summed E-state index contributed by atoms with van der Waals surface area (Å²) in [5.74, 6) is 0.830. The van der Waals surface area contributed by atoms with Gasteiger partial charge in [-0.1, -0.05) is 13.3 Å². The molecule has 78 valence electrons. The van der Waals surface area contributed by atoms with Crippen LogP contribution < -0.4 is 5.32 Å². The maximum Gasteiger partial charge on any atom is 0.0898 e. The fraction of sp³-hybridized carbons (Fsp3) is 0.727. The Hall–Kier alpha value is -0.410. The van der Waals surface area contributed by atoms with Crippen LogP contribution in [0.15, 0.2) is 5.38 Å². The molecular formula is C11H18N2S. The molecule has 1 N–H and O–H groups in total. The van der Waals surface area contributed by atoms with Gasteiger partial charge in [-0.3, -0.25) is 0 Å². The van der Waals surface area contributed by atoms with Crippen molar-refractivity contribution in [2.75, 3.05) is 6.54 Å². The first-order valence-corrected chi connectivity index (χ1v) is 6.34. The average Bonchev–Trinajstić information content (AvgIpc) is 2.48. The zero-order valence-electron chi connectivity index (χ0n) is 8.92. The Labute approximate surface area is 89.8 Å². The van der Waals surface area contributed by atoms with Crippen LogP contribution >= 0.6 is 11.3 Å². The summed E-state index contributed by atoms with van der Waals surface area (Å²) in [6.07, 6.45) is 4.14. The van der Waals surface area contributed by atoms with Gasteiger partial charge in [0.1, 0.15) is 0 Å². The molecule has 1 heterocycles. The van der Waals surface area contributed by atoms with Gasteiger partial charge >= 0.3 is 0 Å². The lowest BCUT2D eigenvalue weighted by atomic mass is 9.78. The Morgan fingerprint density at radius 2 is 2.43 bits per heavy atom. The van der Waals surface area contributed by atoms with Crippen LogP contribution in [0, 0.1) is 12.8 Å². The molecule has 2 rings (SSSR count). The standard InChI is InChI=1S/C11H18N2S/c1-3-12-11(9-5-4-6-9)10-7-14-8(2)13-10/h7,9,11-12H,3-6H2,1-2H3. The molecule has 0 aliphatic heterocycles. The SMILES string of the molecule is CCNC(c1csc(C)n1)C1CCC1. The highest BCUT2D eigenvalue weighted by atomic mass is 32.1. The first-order chi connectivity index (χ1) is 6.81. The molecular weight excluding hydrogens is 192 g/mol. The van der Waals surface area contributed by atoms with Crippen LogP contribution in [0.3, 0.4) is 0 Å². The van der Waals surface area contributed by atoms with E-state index in [0.29, 0.717) is 6.04 Å². The van der Waals surface area contributed by atoms with Crippen LogP contribution in [0.1, 0.15) is 42.9 Å². The highest BCUT2D eigenvalue weighted by Gasteiger charge is 2.29. The van der Waals surface area contributed by atoms with Crippen LogP contribution in [-0.2, 0) is 0 Å². The van der Waals surface area contributed by atoms with E-state index in [1.807, 2.05) is 0 Å². The van der Waals surface area contributed by atoms with Crippen molar-refractivity contribution >= 4 is 11.3 Å². The molecule has 1 aliphatic rings.